The van der Waals surface area contributed by atoms with E-state index in [4.69, 9.17) is 14.2 Å². The first-order valence-corrected chi connectivity index (χ1v) is 32.5. The normalized spacial score (nSPS) is 11.9. The summed E-state index contributed by atoms with van der Waals surface area (Å²) in [6.07, 6.45) is 69.9. The van der Waals surface area contributed by atoms with E-state index in [2.05, 4.69) is 20.8 Å². The van der Waals surface area contributed by atoms with E-state index in [-0.39, 0.29) is 31.1 Å². The Balaban J connectivity index is 4.04. The van der Waals surface area contributed by atoms with Gasteiger partial charge in [0.25, 0.3) is 0 Å². The van der Waals surface area contributed by atoms with Crippen molar-refractivity contribution in [1.29, 1.82) is 0 Å². The van der Waals surface area contributed by atoms with Crippen LogP contribution in [0.25, 0.3) is 0 Å². The zero-order valence-electron chi connectivity index (χ0n) is 48.5. The molecule has 6 heteroatoms. The number of unbranched alkanes of at least 4 members (excludes halogenated alkanes) is 50. The van der Waals surface area contributed by atoms with Crippen LogP contribution >= 0.6 is 0 Å². The molecule has 0 aromatic carbocycles. The van der Waals surface area contributed by atoms with Crippen LogP contribution in [0.4, 0.5) is 0 Å². The molecule has 0 saturated carbocycles. The van der Waals surface area contributed by atoms with Gasteiger partial charge in [-0.15, -0.1) is 0 Å². The molecule has 0 saturated heterocycles. The van der Waals surface area contributed by atoms with Crippen molar-refractivity contribution in [1.82, 2.24) is 0 Å². The number of ether oxygens (including phenoxy) is 3. The van der Waals surface area contributed by atoms with Gasteiger partial charge in [-0.05, 0) is 19.3 Å². The highest BCUT2D eigenvalue weighted by molar-refractivity contribution is 5.71. The van der Waals surface area contributed by atoms with Gasteiger partial charge < -0.3 is 14.2 Å². The van der Waals surface area contributed by atoms with Gasteiger partial charge in [0.05, 0.1) is 0 Å². The summed E-state index contributed by atoms with van der Waals surface area (Å²) in [6, 6.07) is 0. The maximum absolute atomic E-state index is 12.8. The minimum atomic E-state index is -0.761. The molecule has 0 amide bonds. The Labute approximate surface area is 444 Å². The molecule has 0 rings (SSSR count). The monoisotopic (exact) mass is 1000 g/mol. The van der Waals surface area contributed by atoms with Crippen LogP contribution in [-0.4, -0.2) is 37.2 Å². The van der Waals surface area contributed by atoms with Crippen molar-refractivity contribution in [2.45, 2.75) is 386 Å². The number of carbonyl (C=O) groups excluding carboxylic acids is 3. The topological polar surface area (TPSA) is 78.9 Å². The van der Waals surface area contributed by atoms with Crippen LogP contribution in [0.3, 0.4) is 0 Å². The Morgan fingerprint density at radius 2 is 0.380 bits per heavy atom. The van der Waals surface area contributed by atoms with Crippen LogP contribution in [0, 0.1) is 0 Å². The first-order chi connectivity index (χ1) is 35.0. The van der Waals surface area contributed by atoms with Crippen LogP contribution in [0.2, 0.25) is 0 Å². The quantitative estimate of drug-likeness (QED) is 0.0343. The molecule has 422 valence electrons. The maximum atomic E-state index is 12.8. The van der Waals surface area contributed by atoms with Crippen LogP contribution in [-0.2, 0) is 28.6 Å². The average molecular weight is 1000 g/mol. The lowest BCUT2D eigenvalue weighted by atomic mass is 10.0. The van der Waals surface area contributed by atoms with Gasteiger partial charge in [0.15, 0.2) is 6.10 Å². The summed E-state index contributed by atoms with van der Waals surface area (Å²) in [5, 5.41) is 0. The summed E-state index contributed by atoms with van der Waals surface area (Å²) in [4.78, 5) is 38.1. The summed E-state index contributed by atoms with van der Waals surface area (Å²) in [5.74, 6) is -0.831. The third-order valence-electron chi connectivity index (χ3n) is 15.1. The second kappa shape index (κ2) is 61.0. The zero-order valence-corrected chi connectivity index (χ0v) is 48.5. The van der Waals surface area contributed by atoms with Gasteiger partial charge >= 0.3 is 17.9 Å². The van der Waals surface area contributed by atoms with Gasteiger partial charge in [0.1, 0.15) is 13.2 Å². The molecule has 0 aliphatic rings. The third kappa shape index (κ3) is 59.2. The fourth-order valence-electron chi connectivity index (χ4n) is 10.2. The summed E-state index contributed by atoms with van der Waals surface area (Å²) in [7, 11) is 0. The van der Waals surface area contributed by atoms with Gasteiger partial charge in [-0.1, -0.05) is 342 Å². The predicted octanol–water partition coefficient (Wildman–Crippen LogP) is 21.9. The molecule has 0 aliphatic heterocycles. The molecule has 6 nitrogen and oxygen atoms in total. The smallest absolute Gasteiger partial charge is 0.306 e. The minimum absolute atomic E-state index is 0.0610. The van der Waals surface area contributed by atoms with E-state index in [1.54, 1.807) is 0 Å². The number of carbonyl (C=O) groups is 3. The average Bonchev–Trinajstić information content (AvgIpc) is 3.37. The van der Waals surface area contributed by atoms with Crippen molar-refractivity contribution < 1.29 is 28.6 Å². The summed E-state index contributed by atoms with van der Waals surface area (Å²) >= 11 is 0. The molecule has 0 heterocycles. The summed E-state index contributed by atoms with van der Waals surface area (Å²) in [6.45, 7) is 6.71. The van der Waals surface area contributed by atoms with E-state index in [1.165, 1.54) is 283 Å². The third-order valence-corrected chi connectivity index (χ3v) is 15.1. The van der Waals surface area contributed by atoms with Crippen molar-refractivity contribution in [3.05, 3.63) is 0 Å². The molecule has 0 bridgehead atoms. The predicted molar refractivity (Wildman–Crippen MR) is 307 cm³/mol. The Morgan fingerprint density at radius 3 is 0.563 bits per heavy atom. The lowest BCUT2D eigenvalue weighted by molar-refractivity contribution is -0.167. The molecule has 0 N–H and O–H groups in total. The van der Waals surface area contributed by atoms with E-state index < -0.39 is 6.10 Å². The molecule has 71 heavy (non-hydrogen) atoms. The Kier molecular flexibility index (Phi) is 59.6. The highest BCUT2D eigenvalue weighted by Gasteiger charge is 2.19. The van der Waals surface area contributed by atoms with Gasteiger partial charge in [-0.3, -0.25) is 14.4 Å². The molecule has 0 aromatic heterocycles. The molecule has 0 aromatic rings. The lowest BCUT2D eigenvalue weighted by Crippen LogP contribution is -2.30. The highest BCUT2D eigenvalue weighted by Crippen LogP contribution is 2.19. The van der Waals surface area contributed by atoms with E-state index in [9.17, 15) is 14.4 Å². The van der Waals surface area contributed by atoms with Gasteiger partial charge in [0.2, 0.25) is 0 Å². The van der Waals surface area contributed by atoms with E-state index in [1.807, 2.05) is 0 Å². The SMILES string of the molecule is CCCCCCCCCCCCCCCCCCCCCCCCCCCCCCCC(=O)OCC(COC(=O)CCCCCCCCCCCCCC)OC(=O)CCCCCCCCCCCCCC. The second-order valence-corrected chi connectivity index (χ2v) is 22.4. The molecule has 1 atom stereocenters. The van der Waals surface area contributed by atoms with Crippen molar-refractivity contribution in [2.75, 3.05) is 13.2 Å². The summed E-state index contributed by atoms with van der Waals surface area (Å²) in [5.41, 5.74) is 0. The van der Waals surface area contributed by atoms with E-state index in [0.717, 1.165) is 57.8 Å². The van der Waals surface area contributed by atoms with Crippen LogP contribution in [0.5, 0.6) is 0 Å². The lowest BCUT2D eigenvalue weighted by Gasteiger charge is -2.18. The fourth-order valence-corrected chi connectivity index (χ4v) is 10.2. The Morgan fingerprint density at radius 1 is 0.225 bits per heavy atom. The second-order valence-electron chi connectivity index (χ2n) is 22.4. The molecular formula is C65H126O6. The Hall–Kier alpha value is -1.59. The minimum Gasteiger partial charge on any atom is -0.462 e. The van der Waals surface area contributed by atoms with Crippen molar-refractivity contribution >= 4 is 17.9 Å². The molecular weight excluding hydrogens is 877 g/mol. The zero-order chi connectivity index (χ0) is 51.4. The fraction of sp³-hybridized carbons (Fsp3) is 0.954. The van der Waals surface area contributed by atoms with E-state index in [0.29, 0.717) is 19.3 Å². The van der Waals surface area contributed by atoms with Crippen molar-refractivity contribution in [3.8, 4) is 0 Å². The molecule has 0 aliphatic carbocycles. The van der Waals surface area contributed by atoms with Crippen LogP contribution < -0.4 is 0 Å². The largest absolute Gasteiger partial charge is 0.462 e. The van der Waals surface area contributed by atoms with Gasteiger partial charge in [0, 0.05) is 19.3 Å². The number of hydrogen-bond donors (Lipinski definition) is 0. The van der Waals surface area contributed by atoms with Crippen molar-refractivity contribution in [2.24, 2.45) is 0 Å². The molecule has 0 spiro atoms. The highest BCUT2D eigenvalue weighted by atomic mass is 16.6. The molecule has 1 unspecified atom stereocenters. The van der Waals surface area contributed by atoms with Crippen LogP contribution in [0.15, 0.2) is 0 Å². The van der Waals surface area contributed by atoms with Crippen molar-refractivity contribution in [3.63, 3.8) is 0 Å². The first kappa shape index (κ1) is 69.4. The van der Waals surface area contributed by atoms with Crippen LogP contribution in [0.1, 0.15) is 380 Å². The Bertz CT molecular complexity index is 1060. The number of hydrogen-bond acceptors (Lipinski definition) is 6. The van der Waals surface area contributed by atoms with Gasteiger partial charge in [-0.2, -0.15) is 0 Å². The number of esters is 3. The summed E-state index contributed by atoms with van der Waals surface area (Å²) < 4.78 is 16.9. The molecule has 0 fully saturated rings. The standard InChI is InChI=1S/C65H126O6/c1-4-7-10-13-16-19-22-25-26-27-28-29-30-31-32-33-34-35-36-37-38-39-40-41-44-46-49-52-55-58-64(67)70-61-62(71-65(68)59-56-53-50-47-43-24-21-18-15-12-9-6-3)60-69-63(66)57-54-51-48-45-42-23-20-17-14-11-8-5-2/h62H,4-61H2,1-3H3. The first-order valence-electron chi connectivity index (χ1n) is 32.5. The van der Waals surface area contributed by atoms with Gasteiger partial charge in [-0.25, -0.2) is 0 Å². The van der Waals surface area contributed by atoms with E-state index >= 15 is 0 Å². The molecule has 0 radical (unpaired) electrons. The number of rotatable bonds is 61. The maximum Gasteiger partial charge on any atom is 0.306 e.